The Kier molecular flexibility index (Phi) is 7.17. The number of unbranched alkanes of at least 4 members (excludes halogenated alkanes) is 2. The van der Waals surface area contributed by atoms with E-state index in [0.29, 0.717) is 0 Å². The van der Waals surface area contributed by atoms with Crippen molar-refractivity contribution in [2.75, 3.05) is 0 Å². The second-order valence-corrected chi connectivity index (χ2v) is 7.45. The highest BCUT2D eigenvalue weighted by Gasteiger charge is 2.27. The van der Waals surface area contributed by atoms with Gasteiger partial charge < -0.3 is 0 Å². The molecule has 2 atom stereocenters. The second-order valence-electron chi connectivity index (χ2n) is 7.45. The molecule has 2 aliphatic carbocycles. The summed E-state index contributed by atoms with van der Waals surface area (Å²) in [4.78, 5) is 0. The van der Waals surface area contributed by atoms with Crippen molar-refractivity contribution in [2.45, 2.75) is 90.9 Å². The van der Waals surface area contributed by atoms with Crippen molar-refractivity contribution in [1.29, 1.82) is 0 Å². The van der Waals surface area contributed by atoms with E-state index in [1.165, 1.54) is 77.0 Å². The van der Waals surface area contributed by atoms with Crippen LogP contribution in [0.1, 0.15) is 90.9 Å². The molecule has 0 nitrogen and oxygen atoms in total. The zero-order valence-corrected chi connectivity index (χ0v) is 13.9. The lowest BCUT2D eigenvalue weighted by Gasteiger charge is -2.35. The van der Waals surface area contributed by atoms with Crippen molar-refractivity contribution in [2.24, 2.45) is 23.7 Å². The molecule has 0 saturated heterocycles. The van der Waals surface area contributed by atoms with Gasteiger partial charge >= 0.3 is 0 Å². The molecule has 0 heteroatoms. The number of hydrogen-bond acceptors (Lipinski definition) is 0. The van der Waals surface area contributed by atoms with Crippen LogP contribution in [0.3, 0.4) is 0 Å². The number of hydrogen-bond donors (Lipinski definition) is 0. The van der Waals surface area contributed by atoms with Crippen molar-refractivity contribution >= 4 is 0 Å². The van der Waals surface area contributed by atoms with Crippen molar-refractivity contribution in [1.82, 2.24) is 0 Å². The molecule has 0 aromatic heterocycles. The van der Waals surface area contributed by atoms with Crippen LogP contribution in [0.2, 0.25) is 0 Å². The predicted octanol–water partition coefficient (Wildman–Crippen LogP) is 6.76. The Labute approximate surface area is 127 Å². The van der Waals surface area contributed by atoms with Gasteiger partial charge in [0.1, 0.15) is 0 Å². The maximum atomic E-state index is 2.62. The molecule has 0 radical (unpaired) electrons. The predicted molar refractivity (Wildman–Crippen MR) is 89.9 cm³/mol. The van der Waals surface area contributed by atoms with Crippen LogP contribution >= 0.6 is 0 Å². The fourth-order valence-corrected chi connectivity index (χ4v) is 4.50. The van der Waals surface area contributed by atoms with Crippen LogP contribution in [0.15, 0.2) is 12.2 Å². The summed E-state index contributed by atoms with van der Waals surface area (Å²) in [6, 6.07) is 0. The number of rotatable bonds is 7. The zero-order valence-electron chi connectivity index (χ0n) is 13.9. The van der Waals surface area contributed by atoms with Gasteiger partial charge in [-0.15, -0.1) is 0 Å². The first-order chi connectivity index (χ1) is 9.83. The van der Waals surface area contributed by atoms with E-state index >= 15 is 0 Å². The normalized spacial score (nSPS) is 34.3. The van der Waals surface area contributed by atoms with Gasteiger partial charge in [-0.25, -0.2) is 0 Å². The summed E-state index contributed by atoms with van der Waals surface area (Å²) < 4.78 is 0. The van der Waals surface area contributed by atoms with Crippen molar-refractivity contribution in [3.8, 4) is 0 Å². The molecule has 1 saturated carbocycles. The van der Waals surface area contributed by atoms with Crippen molar-refractivity contribution in [3.05, 3.63) is 12.2 Å². The summed E-state index contributed by atoms with van der Waals surface area (Å²) in [5, 5.41) is 0. The molecule has 0 bridgehead atoms. The third-order valence-corrected chi connectivity index (χ3v) is 5.87. The van der Waals surface area contributed by atoms with E-state index in [-0.39, 0.29) is 0 Å². The Balaban J connectivity index is 1.69. The van der Waals surface area contributed by atoms with E-state index in [2.05, 4.69) is 26.0 Å². The van der Waals surface area contributed by atoms with Crippen LogP contribution in [0, 0.1) is 23.7 Å². The van der Waals surface area contributed by atoms with Gasteiger partial charge in [0.05, 0.1) is 0 Å². The molecule has 2 rings (SSSR count). The lowest BCUT2D eigenvalue weighted by Crippen LogP contribution is -2.23. The Morgan fingerprint density at radius 3 is 2.15 bits per heavy atom. The van der Waals surface area contributed by atoms with Gasteiger partial charge in [-0.1, -0.05) is 70.9 Å². The first-order valence-electron chi connectivity index (χ1n) is 9.51. The highest BCUT2D eigenvalue weighted by atomic mass is 14.3. The standard InChI is InChI=1S/C20H36/c1-3-5-6-8-18-11-15-20(16-12-18)19-13-9-17(7-4-2)10-14-19/h11,15,17-20H,3-10,12-14,16H2,1-2H3/t17?,18-,19?,20-/m0/s1. The van der Waals surface area contributed by atoms with Gasteiger partial charge in [-0.2, -0.15) is 0 Å². The van der Waals surface area contributed by atoms with Gasteiger partial charge in [0, 0.05) is 0 Å². The number of allylic oxidation sites excluding steroid dienone is 2. The largest absolute Gasteiger partial charge is 0.0851 e. The van der Waals surface area contributed by atoms with Crippen LogP contribution in [-0.2, 0) is 0 Å². The maximum Gasteiger partial charge on any atom is -0.0205 e. The molecular formula is C20H36. The molecule has 0 aromatic carbocycles. The lowest BCUT2D eigenvalue weighted by molar-refractivity contribution is 0.204. The van der Waals surface area contributed by atoms with Gasteiger partial charge in [0.15, 0.2) is 0 Å². The molecule has 2 aliphatic rings. The molecule has 0 unspecified atom stereocenters. The molecule has 0 heterocycles. The molecule has 0 aromatic rings. The SMILES string of the molecule is CCCCC[C@H]1C=C[C@H](C2CCC(CCC)CC2)CC1. The first kappa shape index (κ1) is 16.1. The molecule has 0 spiro atoms. The molecule has 116 valence electrons. The van der Waals surface area contributed by atoms with Crippen LogP contribution in [0.5, 0.6) is 0 Å². The minimum atomic E-state index is 0.911. The molecule has 0 N–H and O–H groups in total. The summed E-state index contributed by atoms with van der Waals surface area (Å²) in [5.74, 6) is 3.93. The fourth-order valence-electron chi connectivity index (χ4n) is 4.50. The third-order valence-electron chi connectivity index (χ3n) is 5.87. The maximum absolute atomic E-state index is 2.62. The summed E-state index contributed by atoms with van der Waals surface area (Å²) in [6.07, 6.45) is 22.8. The molecule has 20 heavy (non-hydrogen) atoms. The van der Waals surface area contributed by atoms with Crippen molar-refractivity contribution in [3.63, 3.8) is 0 Å². The topological polar surface area (TPSA) is 0 Å². The Morgan fingerprint density at radius 2 is 1.55 bits per heavy atom. The zero-order chi connectivity index (χ0) is 14.2. The fraction of sp³-hybridized carbons (Fsp3) is 0.900. The molecule has 1 fully saturated rings. The van der Waals surface area contributed by atoms with E-state index in [1.807, 2.05) is 0 Å². The lowest BCUT2D eigenvalue weighted by atomic mass is 9.71. The Hall–Kier alpha value is -0.260. The molecule has 0 amide bonds. The summed E-state index contributed by atoms with van der Waals surface area (Å²) >= 11 is 0. The highest BCUT2D eigenvalue weighted by molar-refractivity contribution is 5.00. The Bertz CT molecular complexity index is 270. The smallest absolute Gasteiger partial charge is 0.0205 e. The average Bonchev–Trinajstić information content (AvgIpc) is 2.49. The van der Waals surface area contributed by atoms with E-state index < -0.39 is 0 Å². The minimum Gasteiger partial charge on any atom is -0.0851 e. The van der Waals surface area contributed by atoms with Gasteiger partial charge in [0.25, 0.3) is 0 Å². The average molecular weight is 277 g/mol. The monoisotopic (exact) mass is 276 g/mol. The quantitative estimate of drug-likeness (QED) is 0.356. The minimum absolute atomic E-state index is 0.911. The summed E-state index contributed by atoms with van der Waals surface area (Å²) in [7, 11) is 0. The van der Waals surface area contributed by atoms with Gasteiger partial charge in [0.2, 0.25) is 0 Å². The first-order valence-corrected chi connectivity index (χ1v) is 9.51. The summed E-state index contributed by atoms with van der Waals surface area (Å²) in [5.41, 5.74) is 0. The third kappa shape index (κ3) is 4.93. The van der Waals surface area contributed by atoms with E-state index in [9.17, 15) is 0 Å². The van der Waals surface area contributed by atoms with E-state index in [1.54, 1.807) is 0 Å². The van der Waals surface area contributed by atoms with Crippen molar-refractivity contribution < 1.29 is 0 Å². The van der Waals surface area contributed by atoms with Gasteiger partial charge in [-0.3, -0.25) is 0 Å². The highest BCUT2D eigenvalue weighted by Crippen LogP contribution is 2.40. The second kappa shape index (κ2) is 8.90. The van der Waals surface area contributed by atoms with Crippen LogP contribution in [0.4, 0.5) is 0 Å². The van der Waals surface area contributed by atoms with Crippen LogP contribution < -0.4 is 0 Å². The molecular weight excluding hydrogens is 240 g/mol. The van der Waals surface area contributed by atoms with E-state index in [4.69, 9.17) is 0 Å². The van der Waals surface area contributed by atoms with Crippen LogP contribution in [0.25, 0.3) is 0 Å². The molecule has 0 aliphatic heterocycles. The van der Waals surface area contributed by atoms with Gasteiger partial charge in [-0.05, 0) is 55.8 Å². The van der Waals surface area contributed by atoms with E-state index in [0.717, 1.165) is 23.7 Å². The Morgan fingerprint density at radius 1 is 0.750 bits per heavy atom. The summed E-state index contributed by atoms with van der Waals surface area (Å²) in [6.45, 7) is 4.65. The van der Waals surface area contributed by atoms with Crippen LogP contribution in [-0.4, -0.2) is 0 Å².